The maximum Gasteiger partial charge on any atom is 0.137 e. The van der Waals surface area contributed by atoms with Gasteiger partial charge in [-0.15, -0.1) is 11.3 Å². The Hall–Kier alpha value is -5.78. The van der Waals surface area contributed by atoms with Crippen LogP contribution in [-0.4, -0.2) is 19.1 Å². The van der Waals surface area contributed by atoms with E-state index in [0.29, 0.717) is 0 Å². The molecule has 10 aromatic rings. The van der Waals surface area contributed by atoms with Crippen molar-refractivity contribution in [2.24, 2.45) is 0 Å². The molecule has 10 rings (SSSR count). The largest absolute Gasteiger partial charge is 0.309 e. The average molecular weight is 593 g/mol. The van der Waals surface area contributed by atoms with Gasteiger partial charge in [-0.3, -0.25) is 4.57 Å². The van der Waals surface area contributed by atoms with Crippen LogP contribution < -0.4 is 0 Å². The van der Waals surface area contributed by atoms with E-state index in [1.54, 1.807) is 11.3 Å². The first kappa shape index (κ1) is 24.6. The Bertz CT molecular complexity index is 2730. The fourth-order valence-electron chi connectivity index (χ4n) is 7.03. The molecule has 0 saturated heterocycles. The number of aromatic nitrogens is 4. The monoisotopic (exact) mass is 592 g/mol. The molecule has 0 bridgehead atoms. The highest BCUT2D eigenvalue weighted by Crippen LogP contribution is 2.40. The zero-order valence-electron chi connectivity index (χ0n) is 24.1. The third-order valence-electron chi connectivity index (χ3n) is 8.99. The van der Waals surface area contributed by atoms with Crippen molar-refractivity contribution >= 4 is 75.9 Å². The topological polar surface area (TPSA) is 35.6 Å². The van der Waals surface area contributed by atoms with Crippen LogP contribution in [0.4, 0.5) is 0 Å². The van der Waals surface area contributed by atoms with Gasteiger partial charge in [0, 0.05) is 39.0 Å². The average Bonchev–Trinajstić information content (AvgIpc) is 3.78. The quantitative estimate of drug-likeness (QED) is 0.205. The molecule has 0 radical (unpaired) electrons. The summed E-state index contributed by atoms with van der Waals surface area (Å²) in [6.45, 7) is 0. The van der Waals surface area contributed by atoms with E-state index in [9.17, 15) is 0 Å². The van der Waals surface area contributed by atoms with Gasteiger partial charge in [0.1, 0.15) is 10.8 Å². The number of nitrogens with zero attached hydrogens (tertiary/aromatic N) is 4. The van der Waals surface area contributed by atoms with Gasteiger partial charge >= 0.3 is 0 Å². The lowest BCUT2D eigenvalue weighted by Gasteiger charge is -2.11. The lowest BCUT2D eigenvalue weighted by atomic mass is 10.0. The molecule has 0 N–H and O–H groups in total. The normalized spacial score (nSPS) is 12.0. The van der Waals surface area contributed by atoms with Crippen molar-refractivity contribution in [3.05, 3.63) is 146 Å². The number of benzene rings is 6. The summed E-state index contributed by atoms with van der Waals surface area (Å²) in [6.07, 6.45) is 1.87. The Labute approximate surface area is 262 Å². The second-order valence-electron chi connectivity index (χ2n) is 11.5. The molecule has 45 heavy (non-hydrogen) atoms. The third-order valence-corrected chi connectivity index (χ3v) is 10.1. The second kappa shape index (κ2) is 9.36. The zero-order valence-corrected chi connectivity index (χ0v) is 24.9. The van der Waals surface area contributed by atoms with Crippen molar-refractivity contribution in [1.82, 2.24) is 19.1 Å². The lowest BCUT2D eigenvalue weighted by Crippen LogP contribution is -1.98. The molecule has 4 nitrogen and oxygen atoms in total. The van der Waals surface area contributed by atoms with Gasteiger partial charge in [-0.1, -0.05) is 84.9 Å². The SMILES string of the molecule is c1ccc(-n2c3cc(-n4c5ccccc5c5ccc(-c6nc7ccccc7s6)cc54)ccc3c3c4ccccc4ccc32)nc1. The van der Waals surface area contributed by atoms with Crippen LogP contribution in [-0.2, 0) is 0 Å². The summed E-state index contributed by atoms with van der Waals surface area (Å²) >= 11 is 1.74. The Morgan fingerprint density at radius 1 is 0.511 bits per heavy atom. The molecule has 0 aliphatic rings. The van der Waals surface area contributed by atoms with Gasteiger partial charge in [-0.2, -0.15) is 0 Å². The van der Waals surface area contributed by atoms with E-state index in [2.05, 4.69) is 143 Å². The maximum atomic E-state index is 4.98. The standard InChI is InChI=1S/C40H24N4S/c1-2-10-28-25(9-1)17-21-34-39(28)31-20-18-27(24-36(31)44(34)38-15-7-8-22-41-38)43-33-13-5-3-11-29(33)30-19-16-26(23-35(30)43)40-42-32-12-4-6-14-37(32)45-40/h1-24H. The molecule has 0 aliphatic carbocycles. The van der Waals surface area contributed by atoms with Crippen molar-refractivity contribution in [3.63, 3.8) is 0 Å². The predicted octanol–water partition coefficient (Wildman–Crippen LogP) is 10.7. The van der Waals surface area contributed by atoms with E-state index >= 15 is 0 Å². The van der Waals surface area contributed by atoms with Crippen LogP contribution in [0.15, 0.2) is 146 Å². The third kappa shape index (κ3) is 3.59. The van der Waals surface area contributed by atoms with Gasteiger partial charge in [0.15, 0.2) is 0 Å². The molecule has 5 heteroatoms. The summed E-state index contributed by atoms with van der Waals surface area (Å²) in [5, 5.41) is 8.45. The van der Waals surface area contributed by atoms with Crippen LogP contribution >= 0.6 is 11.3 Å². The van der Waals surface area contributed by atoms with E-state index < -0.39 is 0 Å². The second-order valence-corrected chi connectivity index (χ2v) is 12.5. The van der Waals surface area contributed by atoms with Crippen LogP contribution in [0.25, 0.3) is 86.7 Å². The number of thiazole rings is 1. The molecule has 4 heterocycles. The molecule has 210 valence electrons. The van der Waals surface area contributed by atoms with Crippen molar-refractivity contribution in [3.8, 4) is 22.1 Å². The summed E-state index contributed by atoms with van der Waals surface area (Å²) in [4.78, 5) is 9.79. The predicted molar refractivity (Wildman–Crippen MR) is 189 cm³/mol. The molecule has 0 spiro atoms. The molecular weight excluding hydrogens is 569 g/mol. The van der Waals surface area contributed by atoms with E-state index in [1.807, 2.05) is 12.3 Å². The fourth-order valence-corrected chi connectivity index (χ4v) is 7.99. The number of hydrogen-bond donors (Lipinski definition) is 0. The number of rotatable bonds is 3. The molecule has 6 aromatic carbocycles. The first-order valence-corrected chi connectivity index (χ1v) is 15.9. The number of hydrogen-bond acceptors (Lipinski definition) is 3. The van der Waals surface area contributed by atoms with E-state index in [1.165, 1.54) is 48.1 Å². The minimum absolute atomic E-state index is 0.908. The van der Waals surface area contributed by atoms with E-state index in [4.69, 9.17) is 9.97 Å². The Morgan fingerprint density at radius 2 is 1.29 bits per heavy atom. The summed E-state index contributed by atoms with van der Waals surface area (Å²) in [6, 6.07) is 49.9. The summed E-state index contributed by atoms with van der Waals surface area (Å²) < 4.78 is 5.91. The Morgan fingerprint density at radius 3 is 2.20 bits per heavy atom. The first-order valence-electron chi connectivity index (χ1n) is 15.1. The summed E-state index contributed by atoms with van der Waals surface area (Å²) in [5.41, 5.74) is 7.91. The van der Waals surface area contributed by atoms with Gasteiger partial charge < -0.3 is 4.57 Å². The lowest BCUT2D eigenvalue weighted by molar-refractivity contribution is 1.08. The van der Waals surface area contributed by atoms with Gasteiger partial charge in [-0.05, 0) is 65.4 Å². The highest BCUT2D eigenvalue weighted by molar-refractivity contribution is 7.21. The molecule has 0 amide bonds. The zero-order chi connectivity index (χ0) is 29.5. The molecule has 0 saturated carbocycles. The van der Waals surface area contributed by atoms with Crippen molar-refractivity contribution in [2.75, 3.05) is 0 Å². The Kier molecular flexibility index (Phi) is 5.12. The van der Waals surface area contributed by atoms with E-state index in [0.717, 1.165) is 38.6 Å². The molecule has 0 fully saturated rings. The van der Waals surface area contributed by atoms with Crippen LogP contribution in [0.3, 0.4) is 0 Å². The van der Waals surface area contributed by atoms with Crippen molar-refractivity contribution in [1.29, 1.82) is 0 Å². The Balaban J connectivity index is 1.29. The van der Waals surface area contributed by atoms with Gasteiger partial charge in [0.05, 0.1) is 32.3 Å². The number of pyridine rings is 1. The van der Waals surface area contributed by atoms with Gasteiger partial charge in [-0.25, -0.2) is 9.97 Å². The van der Waals surface area contributed by atoms with Crippen LogP contribution in [0.2, 0.25) is 0 Å². The van der Waals surface area contributed by atoms with Crippen molar-refractivity contribution in [2.45, 2.75) is 0 Å². The summed E-state index contributed by atoms with van der Waals surface area (Å²) in [5.74, 6) is 0.908. The van der Waals surface area contributed by atoms with Crippen LogP contribution in [0, 0.1) is 0 Å². The highest BCUT2D eigenvalue weighted by atomic mass is 32.1. The van der Waals surface area contributed by atoms with Gasteiger partial charge in [0.25, 0.3) is 0 Å². The molecule has 0 aliphatic heterocycles. The molecule has 4 aromatic heterocycles. The number of fused-ring (bicyclic) bond motifs is 9. The molecule has 0 atom stereocenters. The highest BCUT2D eigenvalue weighted by Gasteiger charge is 2.19. The maximum absolute atomic E-state index is 4.98. The van der Waals surface area contributed by atoms with Gasteiger partial charge in [0.2, 0.25) is 0 Å². The molecule has 0 unspecified atom stereocenters. The van der Waals surface area contributed by atoms with Crippen molar-refractivity contribution < 1.29 is 0 Å². The number of para-hydroxylation sites is 2. The van der Waals surface area contributed by atoms with E-state index in [-0.39, 0.29) is 0 Å². The minimum Gasteiger partial charge on any atom is -0.309 e. The fraction of sp³-hybridized carbons (Fsp3) is 0. The first-order chi connectivity index (χ1) is 22.3. The smallest absolute Gasteiger partial charge is 0.137 e. The van der Waals surface area contributed by atoms with Crippen LogP contribution in [0.1, 0.15) is 0 Å². The minimum atomic E-state index is 0.908. The molecular formula is C40H24N4S. The summed E-state index contributed by atoms with van der Waals surface area (Å²) in [7, 11) is 0. The van der Waals surface area contributed by atoms with Crippen LogP contribution in [0.5, 0.6) is 0 Å².